The van der Waals surface area contributed by atoms with Gasteiger partial charge in [-0.1, -0.05) is 31.2 Å². The lowest BCUT2D eigenvalue weighted by Crippen LogP contribution is -2.03. The molecule has 0 atom stereocenters. The molecule has 0 fully saturated rings. The second kappa shape index (κ2) is 6.28. The van der Waals surface area contributed by atoms with E-state index < -0.39 is 0 Å². The summed E-state index contributed by atoms with van der Waals surface area (Å²) in [6, 6.07) is 10.4. The Balaban J connectivity index is 2.13. The van der Waals surface area contributed by atoms with Gasteiger partial charge < -0.3 is 0 Å². The van der Waals surface area contributed by atoms with Gasteiger partial charge in [0, 0.05) is 11.4 Å². The molecule has 20 heavy (non-hydrogen) atoms. The monoisotopic (exact) mass is 268 g/mol. The molecule has 4 nitrogen and oxygen atoms in total. The van der Waals surface area contributed by atoms with Crippen molar-refractivity contribution in [1.29, 1.82) is 0 Å². The molecular formula is C16H20N4. The van der Waals surface area contributed by atoms with Crippen molar-refractivity contribution in [3.05, 3.63) is 52.8 Å². The maximum atomic E-state index is 4.34. The first-order valence-corrected chi connectivity index (χ1v) is 6.80. The second-order valence-electron chi connectivity index (χ2n) is 4.83. The van der Waals surface area contributed by atoms with E-state index >= 15 is 0 Å². The van der Waals surface area contributed by atoms with E-state index in [9.17, 15) is 0 Å². The van der Waals surface area contributed by atoms with Gasteiger partial charge in [0.1, 0.15) is 0 Å². The number of rotatable bonds is 4. The lowest BCUT2D eigenvalue weighted by atomic mass is 10.1. The van der Waals surface area contributed by atoms with Crippen LogP contribution in [0, 0.1) is 13.8 Å². The maximum absolute atomic E-state index is 4.34. The molecule has 0 spiro atoms. The number of anilines is 1. The molecule has 1 aromatic heterocycles. The highest BCUT2D eigenvalue weighted by Crippen LogP contribution is 2.08. The second-order valence-corrected chi connectivity index (χ2v) is 4.83. The van der Waals surface area contributed by atoms with Gasteiger partial charge in [-0.3, -0.25) is 0 Å². The van der Waals surface area contributed by atoms with Gasteiger partial charge in [-0.15, -0.1) is 0 Å². The van der Waals surface area contributed by atoms with Crippen LogP contribution in [0.2, 0.25) is 0 Å². The molecule has 0 saturated heterocycles. The molecule has 1 heterocycles. The van der Waals surface area contributed by atoms with Crippen LogP contribution < -0.4 is 5.43 Å². The van der Waals surface area contributed by atoms with E-state index in [1.54, 1.807) is 0 Å². The molecule has 0 amide bonds. The van der Waals surface area contributed by atoms with Crippen LogP contribution in [0.3, 0.4) is 0 Å². The fourth-order valence-corrected chi connectivity index (χ4v) is 1.96. The quantitative estimate of drug-likeness (QED) is 0.682. The Morgan fingerprint density at radius 2 is 1.70 bits per heavy atom. The highest BCUT2D eigenvalue weighted by Gasteiger charge is 2.00. The average Bonchev–Trinajstić information content (AvgIpc) is 2.44. The summed E-state index contributed by atoms with van der Waals surface area (Å²) in [4.78, 5) is 8.60. The Hall–Kier alpha value is -2.23. The Morgan fingerprint density at radius 3 is 2.25 bits per heavy atom. The van der Waals surface area contributed by atoms with Crippen molar-refractivity contribution in [1.82, 2.24) is 9.97 Å². The topological polar surface area (TPSA) is 50.2 Å². The van der Waals surface area contributed by atoms with Crippen molar-refractivity contribution in [2.45, 2.75) is 34.1 Å². The summed E-state index contributed by atoms with van der Waals surface area (Å²) >= 11 is 0. The zero-order valence-electron chi connectivity index (χ0n) is 12.4. The minimum Gasteiger partial charge on any atom is -0.245 e. The Bertz CT molecular complexity index is 595. The molecule has 0 unspecified atom stereocenters. The number of nitrogens with zero attached hydrogens (tertiary/aromatic N) is 3. The van der Waals surface area contributed by atoms with Gasteiger partial charge in [0.2, 0.25) is 5.95 Å². The van der Waals surface area contributed by atoms with Crippen molar-refractivity contribution < 1.29 is 0 Å². The summed E-state index contributed by atoms with van der Waals surface area (Å²) < 4.78 is 0. The van der Waals surface area contributed by atoms with Crippen molar-refractivity contribution in [2.24, 2.45) is 5.10 Å². The molecular weight excluding hydrogens is 248 g/mol. The number of aromatic nitrogens is 2. The molecule has 0 bridgehead atoms. The normalized spacial score (nSPS) is 11.5. The fourth-order valence-electron chi connectivity index (χ4n) is 1.96. The van der Waals surface area contributed by atoms with Crippen LogP contribution in [0.1, 0.15) is 36.4 Å². The van der Waals surface area contributed by atoms with Crippen LogP contribution in [0.25, 0.3) is 0 Å². The summed E-state index contributed by atoms with van der Waals surface area (Å²) in [6.45, 7) is 8.01. The number of hydrogen-bond donors (Lipinski definition) is 1. The van der Waals surface area contributed by atoms with Gasteiger partial charge in [-0.25, -0.2) is 15.4 Å². The van der Waals surface area contributed by atoms with E-state index in [0.717, 1.165) is 29.1 Å². The first-order valence-electron chi connectivity index (χ1n) is 6.80. The zero-order valence-corrected chi connectivity index (χ0v) is 12.4. The van der Waals surface area contributed by atoms with Crippen LogP contribution in [0.5, 0.6) is 0 Å². The number of hydrazone groups is 1. The summed E-state index contributed by atoms with van der Waals surface area (Å²) in [5.41, 5.74) is 8.12. The molecule has 0 radical (unpaired) electrons. The number of aryl methyl sites for hydroxylation is 3. The molecule has 0 saturated carbocycles. The van der Waals surface area contributed by atoms with Crippen LogP contribution in [0.15, 0.2) is 35.4 Å². The molecule has 1 aromatic carbocycles. The predicted octanol–water partition coefficient (Wildman–Crippen LogP) is 3.49. The standard InChI is InChI=1S/C16H20N4/c1-5-14-6-8-15(9-7-14)13(4)19-20-16-17-11(2)10-12(3)18-16/h6-10H,5H2,1-4H3,(H,17,18,20). The Labute approximate surface area is 120 Å². The van der Waals surface area contributed by atoms with E-state index in [1.807, 2.05) is 26.8 Å². The van der Waals surface area contributed by atoms with E-state index in [-0.39, 0.29) is 0 Å². The molecule has 1 N–H and O–H groups in total. The maximum Gasteiger partial charge on any atom is 0.243 e. The van der Waals surface area contributed by atoms with Gasteiger partial charge in [0.05, 0.1) is 5.71 Å². The van der Waals surface area contributed by atoms with Crippen molar-refractivity contribution in [3.63, 3.8) is 0 Å². The minimum absolute atomic E-state index is 0.534. The molecule has 2 aromatic rings. The smallest absolute Gasteiger partial charge is 0.243 e. The van der Waals surface area contributed by atoms with Gasteiger partial charge in [-0.05, 0) is 44.4 Å². The van der Waals surface area contributed by atoms with E-state index in [0.29, 0.717) is 5.95 Å². The van der Waals surface area contributed by atoms with Crippen molar-refractivity contribution >= 4 is 11.7 Å². The minimum atomic E-state index is 0.534. The fraction of sp³-hybridized carbons (Fsp3) is 0.312. The number of benzene rings is 1. The van der Waals surface area contributed by atoms with Gasteiger partial charge in [0.15, 0.2) is 0 Å². The van der Waals surface area contributed by atoms with Gasteiger partial charge in [0.25, 0.3) is 0 Å². The first-order chi connectivity index (χ1) is 9.58. The molecule has 4 heteroatoms. The molecule has 104 valence electrons. The highest BCUT2D eigenvalue weighted by molar-refractivity contribution is 5.99. The SMILES string of the molecule is CCc1ccc(C(C)=NNc2nc(C)cc(C)n2)cc1. The van der Waals surface area contributed by atoms with E-state index in [2.05, 4.69) is 51.7 Å². The van der Waals surface area contributed by atoms with E-state index in [1.165, 1.54) is 5.56 Å². The van der Waals surface area contributed by atoms with Crippen LogP contribution in [0.4, 0.5) is 5.95 Å². The number of hydrogen-bond acceptors (Lipinski definition) is 4. The van der Waals surface area contributed by atoms with Gasteiger partial charge >= 0.3 is 0 Å². The van der Waals surface area contributed by atoms with E-state index in [4.69, 9.17) is 0 Å². The lowest BCUT2D eigenvalue weighted by Gasteiger charge is -2.05. The highest BCUT2D eigenvalue weighted by atomic mass is 15.4. The predicted molar refractivity (Wildman–Crippen MR) is 83.2 cm³/mol. The summed E-state index contributed by atoms with van der Waals surface area (Å²) in [5.74, 6) is 0.534. The first kappa shape index (κ1) is 14.2. The third-order valence-electron chi connectivity index (χ3n) is 3.09. The number of nitrogens with one attached hydrogen (secondary N) is 1. The summed E-state index contributed by atoms with van der Waals surface area (Å²) in [7, 11) is 0. The summed E-state index contributed by atoms with van der Waals surface area (Å²) in [5, 5.41) is 4.34. The van der Waals surface area contributed by atoms with Crippen LogP contribution in [-0.2, 0) is 6.42 Å². The third kappa shape index (κ3) is 3.63. The van der Waals surface area contributed by atoms with Gasteiger partial charge in [-0.2, -0.15) is 5.10 Å². The molecule has 0 aliphatic rings. The average molecular weight is 268 g/mol. The molecule has 0 aliphatic carbocycles. The Kier molecular flexibility index (Phi) is 4.45. The van der Waals surface area contributed by atoms with Crippen LogP contribution in [-0.4, -0.2) is 15.7 Å². The Morgan fingerprint density at radius 1 is 1.10 bits per heavy atom. The van der Waals surface area contributed by atoms with Crippen LogP contribution >= 0.6 is 0 Å². The largest absolute Gasteiger partial charge is 0.245 e. The zero-order chi connectivity index (χ0) is 14.5. The third-order valence-corrected chi connectivity index (χ3v) is 3.09. The lowest BCUT2D eigenvalue weighted by molar-refractivity contribution is 1.03. The van der Waals surface area contributed by atoms with Crippen molar-refractivity contribution in [2.75, 3.05) is 5.43 Å². The van der Waals surface area contributed by atoms with Crippen molar-refractivity contribution in [3.8, 4) is 0 Å². The molecule has 0 aliphatic heterocycles. The summed E-state index contributed by atoms with van der Waals surface area (Å²) in [6.07, 6.45) is 1.05. The molecule has 2 rings (SSSR count).